The van der Waals surface area contributed by atoms with E-state index in [-0.39, 0.29) is 0 Å². The molecule has 0 saturated carbocycles. The summed E-state index contributed by atoms with van der Waals surface area (Å²) < 4.78 is 12.8. The molecule has 0 aliphatic carbocycles. The van der Waals surface area contributed by atoms with Gasteiger partial charge in [0, 0.05) is 29.2 Å². The highest BCUT2D eigenvalue weighted by Gasteiger charge is 2.17. The minimum absolute atomic E-state index is 0.731. The molecule has 0 fully saturated rings. The summed E-state index contributed by atoms with van der Waals surface area (Å²) in [6, 6.07) is 26.0. The number of hydrogen-bond donors (Lipinski definition) is 1. The van der Waals surface area contributed by atoms with Gasteiger partial charge >= 0.3 is 0 Å². The van der Waals surface area contributed by atoms with Crippen LogP contribution in [-0.4, -0.2) is 28.8 Å². The van der Waals surface area contributed by atoms with E-state index in [2.05, 4.69) is 38.2 Å². The van der Waals surface area contributed by atoms with E-state index in [9.17, 15) is 0 Å². The quantitative estimate of drug-likeness (QED) is 0.372. The summed E-state index contributed by atoms with van der Waals surface area (Å²) in [7, 11) is 3.32. The second-order valence-corrected chi connectivity index (χ2v) is 7.25. The van der Waals surface area contributed by atoms with Crippen molar-refractivity contribution >= 4 is 22.5 Å². The van der Waals surface area contributed by atoms with Crippen molar-refractivity contribution < 1.29 is 9.47 Å². The first-order valence-corrected chi connectivity index (χ1v) is 10.2. The third-order valence-electron chi connectivity index (χ3n) is 5.35. The second-order valence-electron chi connectivity index (χ2n) is 7.25. The molecular formula is C26H22N4O2. The first-order chi connectivity index (χ1) is 15.8. The molecule has 0 unspecified atom stereocenters. The van der Waals surface area contributed by atoms with Gasteiger partial charge in [-0.2, -0.15) is 0 Å². The molecule has 2 heterocycles. The molecule has 5 aromatic rings. The SMILES string of the molecule is COc1ccc(-n2cc(-c3ccccc3)c3c(Nc4cccc(OC)c4)ncnc32)cc1. The maximum absolute atomic E-state index is 5.37. The molecular weight excluding hydrogens is 400 g/mol. The zero-order valence-electron chi connectivity index (χ0n) is 17.8. The van der Waals surface area contributed by atoms with Gasteiger partial charge in [0.15, 0.2) is 5.65 Å². The van der Waals surface area contributed by atoms with Gasteiger partial charge in [-0.25, -0.2) is 9.97 Å². The van der Waals surface area contributed by atoms with E-state index in [1.54, 1.807) is 20.5 Å². The molecule has 1 N–H and O–H groups in total. The lowest BCUT2D eigenvalue weighted by molar-refractivity contribution is 0.414. The van der Waals surface area contributed by atoms with E-state index in [1.807, 2.05) is 66.7 Å². The van der Waals surface area contributed by atoms with Crippen LogP contribution in [0, 0.1) is 0 Å². The molecule has 0 spiro atoms. The van der Waals surface area contributed by atoms with Crippen LogP contribution in [0.25, 0.3) is 27.8 Å². The van der Waals surface area contributed by atoms with Gasteiger partial charge in [-0.3, -0.25) is 0 Å². The molecule has 0 aliphatic heterocycles. The fourth-order valence-corrected chi connectivity index (χ4v) is 3.77. The Kier molecular flexibility index (Phi) is 5.17. The molecule has 32 heavy (non-hydrogen) atoms. The predicted octanol–water partition coefficient (Wildman–Crippen LogP) is 5.85. The number of nitrogens with one attached hydrogen (secondary N) is 1. The zero-order chi connectivity index (χ0) is 21.9. The van der Waals surface area contributed by atoms with Crippen LogP contribution in [0.5, 0.6) is 11.5 Å². The van der Waals surface area contributed by atoms with E-state index in [1.165, 1.54) is 0 Å². The van der Waals surface area contributed by atoms with Gasteiger partial charge in [-0.05, 0) is 42.0 Å². The van der Waals surface area contributed by atoms with Crippen molar-refractivity contribution in [3.05, 3.63) is 91.4 Å². The molecule has 0 radical (unpaired) electrons. The Morgan fingerprint density at radius 3 is 2.31 bits per heavy atom. The fourth-order valence-electron chi connectivity index (χ4n) is 3.77. The highest BCUT2D eigenvalue weighted by atomic mass is 16.5. The number of ether oxygens (including phenoxy) is 2. The van der Waals surface area contributed by atoms with Crippen molar-refractivity contribution in [1.82, 2.24) is 14.5 Å². The standard InChI is InChI=1S/C26H22N4O2/c1-31-21-13-11-20(12-14-21)30-16-23(18-7-4-3-5-8-18)24-25(27-17-28-26(24)30)29-19-9-6-10-22(15-19)32-2/h3-17H,1-2H3,(H,27,28,29). The molecule has 0 amide bonds. The number of aromatic nitrogens is 3. The van der Waals surface area contributed by atoms with Crippen LogP contribution >= 0.6 is 0 Å². The van der Waals surface area contributed by atoms with Crippen molar-refractivity contribution in [3.8, 4) is 28.3 Å². The van der Waals surface area contributed by atoms with Gasteiger partial charge in [0.25, 0.3) is 0 Å². The van der Waals surface area contributed by atoms with Crippen molar-refractivity contribution in [2.24, 2.45) is 0 Å². The van der Waals surface area contributed by atoms with Crippen LogP contribution in [0.4, 0.5) is 11.5 Å². The summed E-state index contributed by atoms with van der Waals surface area (Å²) in [4.78, 5) is 9.22. The van der Waals surface area contributed by atoms with E-state index >= 15 is 0 Å². The average Bonchev–Trinajstić information content (AvgIpc) is 3.25. The number of methoxy groups -OCH3 is 2. The third kappa shape index (κ3) is 3.63. The Hall–Kier alpha value is -4.32. The van der Waals surface area contributed by atoms with Gasteiger partial charge in [0.1, 0.15) is 23.6 Å². The highest BCUT2D eigenvalue weighted by molar-refractivity contribution is 6.03. The van der Waals surface area contributed by atoms with Crippen LogP contribution in [0.15, 0.2) is 91.4 Å². The van der Waals surface area contributed by atoms with E-state index in [4.69, 9.17) is 9.47 Å². The molecule has 0 atom stereocenters. The van der Waals surface area contributed by atoms with Crippen molar-refractivity contribution in [2.75, 3.05) is 19.5 Å². The van der Waals surface area contributed by atoms with Crippen molar-refractivity contribution in [2.45, 2.75) is 0 Å². The molecule has 0 bridgehead atoms. The Balaban J connectivity index is 1.70. The third-order valence-corrected chi connectivity index (χ3v) is 5.35. The Labute approximate surface area is 186 Å². The molecule has 3 aromatic carbocycles. The Bertz CT molecular complexity index is 1360. The summed E-state index contributed by atoms with van der Waals surface area (Å²) in [6.07, 6.45) is 3.69. The molecule has 0 aliphatic rings. The lowest BCUT2D eigenvalue weighted by Crippen LogP contribution is -1.98. The fraction of sp³-hybridized carbons (Fsp3) is 0.0769. The largest absolute Gasteiger partial charge is 0.497 e. The zero-order valence-corrected chi connectivity index (χ0v) is 17.8. The van der Waals surface area contributed by atoms with E-state index in [0.717, 1.165) is 50.9 Å². The smallest absolute Gasteiger partial charge is 0.150 e. The Morgan fingerprint density at radius 1 is 0.781 bits per heavy atom. The molecule has 6 heteroatoms. The summed E-state index contributed by atoms with van der Waals surface area (Å²) >= 11 is 0. The summed E-state index contributed by atoms with van der Waals surface area (Å²) in [5.41, 5.74) is 4.83. The van der Waals surface area contributed by atoms with Gasteiger partial charge in [0.05, 0.1) is 19.6 Å². The first-order valence-electron chi connectivity index (χ1n) is 10.2. The molecule has 0 saturated heterocycles. The predicted molar refractivity (Wildman–Crippen MR) is 127 cm³/mol. The molecule has 2 aromatic heterocycles. The number of rotatable bonds is 6. The van der Waals surface area contributed by atoms with Crippen LogP contribution in [0.2, 0.25) is 0 Å². The van der Waals surface area contributed by atoms with Gasteiger partial charge in [-0.1, -0.05) is 36.4 Å². The molecule has 6 nitrogen and oxygen atoms in total. The second kappa shape index (κ2) is 8.43. The van der Waals surface area contributed by atoms with Crippen molar-refractivity contribution in [1.29, 1.82) is 0 Å². The van der Waals surface area contributed by atoms with Crippen LogP contribution in [0.3, 0.4) is 0 Å². The monoisotopic (exact) mass is 422 g/mol. The maximum atomic E-state index is 5.37. The first kappa shape index (κ1) is 19.6. The van der Waals surface area contributed by atoms with E-state index in [0.29, 0.717) is 0 Å². The lowest BCUT2D eigenvalue weighted by Gasteiger charge is -2.10. The Morgan fingerprint density at radius 2 is 1.56 bits per heavy atom. The number of hydrogen-bond acceptors (Lipinski definition) is 5. The van der Waals surface area contributed by atoms with Crippen LogP contribution in [0.1, 0.15) is 0 Å². The number of anilines is 2. The number of fused-ring (bicyclic) bond motifs is 1. The average molecular weight is 422 g/mol. The van der Waals surface area contributed by atoms with Crippen molar-refractivity contribution in [3.63, 3.8) is 0 Å². The number of nitrogens with zero attached hydrogens (tertiary/aromatic N) is 3. The molecule has 158 valence electrons. The summed E-state index contributed by atoms with van der Waals surface area (Å²) in [6.45, 7) is 0. The maximum Gasteiger partial charge on any atom is 0.150 e. The number of benzene rings is 3. The van der Waals surface area contributed by atoms with Gasteiger partial charge in [-0.15, -0.1) is 0 Å². The molecule has 5 rings (SSSR count). The van der Waals surface area contributed by atoms with E-state index < -0.39 is 0 Å². The summed E-state index contributed by atoms with van der Waals surface area (Å²) in [5.74, 6) is 2.32. The van der Waals surface area contributed by atoms with Gasteiger partial charge < -0.3 is 19.4 Å². The van der Waals surface area contributed by atoms with Crippen LogP contribution in [-0.2, 0) is 0 Å². The highest BCUT2D eigenvalue weighted by Crippen LogP contribution is 2.36. The summed E-state index contributed by atoms with van der Waals surface area (Å²) in [5, 5.41) is 4.39. The minimum atomic E-state index is 0.731. The normalized spacial score (nSPS) is 10.8. The van der Waals surface area contributed by atoms with Gasteiger partial charge in [0.2, 0.25) is 0 Å². The topological polar surface area (TPSA) is 61.2 Å². The minimum Gasteiger partial charge on any atom is -0.497 e. The lowest BCUT2D eigenvalue weighted by atomic mass is 10.1. The van der Waals surface area contributed by atoms with Crippen LogP contribution < -0.4 is 14.8 Å².